The van der Waals surface area contributed by atoms with E-state index in [2.05, 4.69) is 36.3 Å². The third kappa shape index (κ3) is 3.68. The maximum absolute atomic E-state index is 13.9. The third-order valence-electron chi connectivity index (χ3n) is 5.23. The highest BCUT2D eigenvalue weighted by Gasteiger charge is 2.20. The molecule has 29 heavy (non-hydrogen) atoms. The maximum atomic E-state index is 13.9. The van der Waals surface area contributed by atoms with Crippen LogP contribution in [0.5, 0.6) is 0 Å². The van der Waals surface area contributed by atoms with Crippen LogP contribution in [-0.4, -0.2) is 10.9 Å². The van der Waals surface area contributed by atoms with Crippen LogP contribution in [0.4, 0.5) is 9.52 Å². The summed E-state index contributed by atoms with van der Waals surface area (Å²) in [7, 11) is 0. The van der Waals surface area contributed by atoms with E-state index < -0.39 is 11.7 Å². The first-order valence-corrected chi connectivity index (χ1v) is 10.4. The fraction of sp³-hybridized carbons (Fsp3) is 0.217. The van der Waals surface area contributed by atoms with Crippen molar-refractivity contribution in [1.82, 2.24) is 4.98 Å². The largest absolute Gasteiger partial charge is 0.448 e. The summed E-state index contributed by atoms with van der Waals surface area (Å²) in [5.41, 5.74) is 3.79. The highest BCUT2D eigenvalue weighted by atomic mass is 32.1. The van der Waals surface area contributed by atoms with E-state index in [1.807, 2.05) is 17.5 Å². The van der Waals surface area contributed by atoms with E-state index in [0.29, 0.717) is 22.0 Å². The summed E-state index contributed by atoms with van der Waals surface area (Å²) in [5, 5.41) is 5.73. The lowest BCUT2D eigenvalue weighted by Crippen LogP contribution is -2.11. The number of rotatable bonds is 5. The van der Waals surface area contributed by atoms with Crippen molar-refractivity contribution in [2.75, 3.05) is 5.32 Å². The number of para-hydroxylation sites is 1. The Morgan fingerprint density at radius 2 is 2.00 bits per heavy atom. The van der Waals surface area contributed by atoms with Crippen LogP contribution in [0.25, 0.3) is 22.2 Å². The van der Waals surface area contributed by atoms with E-state index >= 15 is 0 Å². The van der Waals surface area contributed by atoms with Gasteiger partial charge < -0.3 is 4.42 Å². The Bertz CT molecular complexity index is 1180. The number of hydrogen-bond donors (Lipinski definition) is 1. The number of furan rings is 1. The van der Waals surface area contributed by atoms with Crippen molar-refractivity contribution in [3.63, 3.8) is 0 Å². The van der Waals surface area contributed by atoms with Gasteiger partial charge in [0.1, 0.15) is 0 Å². The van der Waals surface area contributed by atoms with Gasteiger partial charge in [-0.05, 0) is 30.9 Å². The molecule has 0 radical (unpaired) electrons. The Hall–Kier alpha value is -2.99. The van der Waals surface area contributed by atoms with Crippen molar-refractivity contribution in [3.05, 3.63) is 70.5 Å². The van der Waals surface area contributed by atoms with Crippen molar-refractivity contribution in [2.24, 2.45) is 0 Å². The topological polar surface area (TPSA) is 55.1 Å². The van der Waals surface area contributed by atoms with Gasteiger partial charge in [0.05, 0.1) is 5.69 Å². The van der Waals surface area contributed by atoms with Crippen LogP contribution in [0.15, 0.2) is 52.3 Å². The number of carbonyl (C=O) groups is 1. The van der Waals surface area contributed by atoms with Gasteiger partial charge in [-0.15, -0.1) is 11.3 Å². The molecule has 1 amide bonds. The number of halogens is 1. The number of amides is 1. The molecule has 0 aliphatic heterocycles. The first-order valence-electron chi connectivity index (χ1n) is 9.52. The van der Waals surface area contributed by atoms with Crippen molar-refractivity contribution < 1.29 is 13.6 Å². The maximum Gasteiger partial charge on any atom is 0.293 e. The summed E-state index contributed by atoms with van der Waals surface area (Å²) < 4.78 is 19.4. The van der Waals surface area contributed by atoms with Crippen LogP contribution in [0.1, 0.15) is 47.9 Å². The lowest BCUT2D eigenvalue weighted by molar-refractivity contribution is 0.0997. The molecule has 6 heteroatoms. The average molecular weight is 408 g/mol. The van der Waals surface area contributed by atoms with Gasteiger partial charge in [0.25, 0.3) is 5.91 Å². The van der Waals surface area contributed by atoms with Crippen LogP contribution in [0.2, 0.25) is 0 Å². The number of hydrogen-bond acceptors (Lipinski definition) is 4. The van der Waals surface area contributed by atoms with Crippen molar-refractivity contribution in [3.8, 4) is 11.3 Å². The molecule has 2 aromatic heterocycles. The Kier molecular flexibility index (Phi) is 5.20. The zero-order valence-electron chi connectivity index (χ0n) is 16.5. The molecule has 148 valence electrons. The van der Waals surface area contributed by atoms with Gasteiger partial charge in [-0.25, -0.2) is 9.37 Å². The molecule has 0 aliphatic carbocycles. The second-order valence-corrected chi connectivity index (χ2v) is 7.95. The normalized spacial score (nSPS) is 12.3. The predicted octanol–water partition coefficient (Wildman–Crippen LogP) is 6.77. The minimum absolute atomic E-state index is 0.0939. The number of thiazole rings is 1. The number of benzene rings is 2. The van der Waals surface area contributed by atoms with E-state index in [4.69, 9.17) is 4.42 Å². The third-order valence-corrected chi connectivity index (χ3v) is 5.99. The first-order chi connectivity index (χ1) is 14.0. The van der Waals surface area contributed by atoms with Crippen molar-refractivity contribution in [1.29, 1.82) is 0 Å². The van der Waals surface area contributed by atoms with Crippen LogP contribution < -0.4 is 5.32 Å². The molecule has 0 saturated carbocycles. The molecule has 0 unspecified atom stereocenters. The van der Waals surface area contributed by atoms with Gasteiger partial charge in [-0.3, -0.25) is 10.1 Å². The lowest BCUT2D eigenvalue weighted by atomic mass is 9.97. The lowest BCUT2D eigenvalue weighted by Gasteiger charge is -2.08. The SMILES string of the molecule is CC[C@H](C)c1ccc(-c2csc(NC(=O)c3oc4c(F)cccc4c3C)n2)cc1. The molecule has 0 bridgehead atoms. The quantitative estimate of drug-likeness (QED) is 0.396. The second-order valence-electron chi connectivity index (χ2n) is 7.10. The summed E-state index contributed by atoms with van der Waals surface area (Å²) in [6.45, 7) is 6.12. The molecule has 0 fully saturated rings. The molecule has 0 spiro atoms. The molecule has 2 heterocycles. The summed E-state index contributed by atoms with van der Waals surface area (Å²) >= 11 is 1.34. The molecule has 0 aliphatic rings. The Labute approximate surface area is 172 Å². The smallest absolute Gasteiger partial charge is 0.293 e. The van der Waals surface area contributed by atoms with Gasteiger partial charge in [0.15, 0.2) is 22.3 Å². The highest BCUT2D eigenvalue weighted by Crippen LogP contribution is 2.30. The summed E-state index contributed by atoms with van der Waals surface area (Å²) in [6.07, 6.45) is 1.09. The van der Waals surface area contributed by atoms with E-state index in [1.165, 1.54) is 23.0 Å². The van der Waals surface area contributed by atoms with Gasteiger partial charge in [0, 0.05) is 21.9 Å². The number of aromatic nitrogens is 1. The van der Waals surface area contributed by atoms with Gasteiger partial charge in [0.2, 0.25) is 0 Å². The first kappa shape index (κ1) is 19.3. The van der Waals surface area contributed by atoms with Gasteiger partial charge in [-0.1, -0.05) is 50.2 Å². The summed E-state index contributed by atoms with van der Waals surface area (Å²) in [6, 6.07) is 13.0. The minimum Gasteiger partial charge on any atom is -0.448 e. The van der Waals surface area contributed by atoms with E-state index in [9.17, 15) is 9.18 Å². The van der Waals surface area contributed by atoms with Crippen LogP contribution >= 0.6 is 11.3 Å². The molecule has 2 aromatic carbocycles. The van der Waals surface area contributed by atoms with Gasteiger partial charge >= 0.3 is 0 Å². The fourth-order valence-electron chi connectivity index (χ4n) is 3.26. The van der Waals surface area contributed by atoms with E-state index in [-0.39, 0.29) is 11.3 Å². The average Bonchev–Trinajstić information content (AvgIpc) is 3.33. The fourth-order valence-corrected chi connectivity index (χ4v) is 3.98. The molecule has 1 atom stereocenters. The summed E-state index contributed by atoms with van der Waals surface area (Å²) in [5.74, 6) is -0.306. The molecule has 0 saturated heterocycles. The predicted molar refractivity (Wildman–Crippen MR) is 115 cm³/mol. The zero-order valence-corrected chi connectivity index (χ0v) is 17.3. The van der Waals surface area contributed by atoms with Crippen LogP contribution in [0.3, 0.4) is 0 Å². The molecule has 4 aromatic rings. The number of fused-ring (bicyclic) bond motifs is 1. The standard InChI is InChI=1S/C23H21FN2O2S/c1-4-13(2)15-8-10-16(11-9-15)19-12-29-23(25-19)26-22(27)20-14(3)17-6-5-7-18(24)21(17)28-20/h5-13H,4H2,1-3H3,(H,25,26,27)/t13-/m0/s1. The zero-order chi connectivity index (χ0) is 20.5. The van der Waals surface area contributed by atoms with Gasteiger partial charge in [-0.2, -0.15) is 0 Å². The minimum atomic E-state index is -0.484. The molecule has 4 nitrogen and oxygen atoms in total. The number of aryl methyl sites for hydroxylation is 1. The monoisotopic (exact) mass is 408 g/mol. The Morgan fingerprint density at radius 3 is 2.69 bits per heavy atom. The highest BCUT2D eigenvalue weighted by molar-refractivity contribution is 7.14. The molecular formula is C23H21FN2O2S. The molecule has 1 N–H and O–H groups in total. The number of anilines is 1. The Morgan fingerprint density at radius 1 is 1.24 bits per heavy atom. The molecular weight excluding hydrogens is 387 g/mol. The van der Waals surface area contributed by atoms with Crippen LogP contribution in [-0.2, 0) is 0 Å². The number of nitrogens with zero attached hydrogens (tertiary/aromatic N) is 1. The summed E-state index contributed by atoms with van der Waals surface area (Å²) in [4.78, 5) is 17.2. The second kappa shape index (κ2) is 7.79. The van der Waals surface area contributed by atoms with E-state index in [0.717, 1.165) is 17.7 Å². The molecule has 4 rings (SSSR count). The number of carbonyl (C=O) groups excluding carboxylic acids is 1. The van der Waals surface area contributed by atoms with Crippen LogP contribution in [0, 0.1) is 12.7 Å². The van der Waals surface area contributed by atoms with E-state index in [1.54, 1.807) is 19.1 Å². The number of nitrogens with one attached hydrogen (secondary N) is 1. The van der Waals surface area contributed by atoms with Crippen molar-refractivity contribution >= 4 is 33.3 Å². The Balaban J connectivity index is 1.54. The van der Waals surface area contributed by atoms with Crippen molar-refractivity contribution in [2.45, 2.75) is 33.1 Å².